The fourth-order valence-corrected chi connectivity index (χ4v) is 2.03. The largest absolute Gasteiger partial charge is 0.327 e. The van der Waals surface area contributed by atoms with Crippen molar-refractivity contribution in [1.82, 2.24) is 0 Å². The minimum Gasteiger partial charge on any atom is -0.327 e. The molecule has 0 bridgehead atoms. The molecule has 2 heteroatoms. The summed E-state index contributed by atoms with van der Waals surface area (Å²) in [4.78, 5) is 0. The van der Waals surface area contributed by atoms with Crippen LogP contribution >= 0.6 is 0 Å². The quantitative estimate of drug-likeness (QED) is 0.700. The zero-order chi connectivity index (χ0) is 9.42. The Bertz CT molecular complexity index is 303. The van der Waals surface area contributed by atoms with Gasteiger partial charge in [-0.3, -0.25) is 0 Å². The number of nitrogens with two attached hydrogens (primary N) is 1. The minimum atomic E-state index is -0.191. The van der Waals surface area contributed by atoms with Crippen molar-refractivity contribution in [2.75, 3.05) is 0 Å². The molecule has 0 aliphatic heterocycles. The highest BCUT2D eigenvalue weighted by molar-refractivity contribution is 5.26. The lowest BCUT2D eigenvalue weighted by molar-refractivity contribution is 0.257. The molecule has 0 aromatic heterocycles. The summed E-state index contributed by atoms with van der Waals surface area (Å²) in [5.41, 5.74) is 6.82. The molecule has 0 amide bonds. The fourth-order valence-electron chi connectivity index (χ4n) is 2.03. The second kappa shape index (κ2) is 3.11. The van der Waals surface area contributed by atoms with Crippen molar-refractivity contribution < 1.29 is 4.39 Å². The van der Waals surface area contributed by atoms with Crippen LogP contribution in [0.1, 0.15) is 17.9 Å². The van der Waals surface area contributed by atoms with Crippen LogP contribution in [0.4, 0.5) is 4.39 Å². The SMILES string of the molecule is [CH2]C1CC(N)C1c1cccc(F)c1. The first-order valence-electron chi connectivity index (χ1n) is 4.52. The molecule has 1 aromatic carbocycles. The molecule has 2 rings (SSSR count). The third-order valence-electron chi connectivity index (χ3n) is 2.78. The smallest absolute Gasteiger partial charge is 0.123 e. The van der Waals surface area contributed by atoms with Gasteiger partial charge in [0, 0.05) is 12.0 Å². The van der Waals surface area contributed by atoms with E-state index in [1.54, 1.807) is 12.1 Å². The van der Waals surface area contributed by atoms with E-state index >= 15 is 0 Å². The van der Waals surface area contributed by atoms with Gasteiger partial charge in [-0.25, -0.2) is 4.39 Å². The van der Waals surface area contributed by atoms with E-state index in [1.165, 1.54) is 6.07 Å². The molecule has 2 N–H and O–H groups in total. The lowest BCUT2D eigenvalue weighted by Crippen LogP contribution is -2.44. The molecule has 1 aliphatic rings. The monoisotopic (exact) mass is 178 g/mol. The molecule has 1 fully saturated rings. The number of hydrogen-bond donors (Lipinski definition) is 1. The van der Waals surface area contributed by atoms with Crippen molar-refractivity contribution in [3.63, 3.8) is 0 Å². The summed E-state index contributed by atoms with van der Waals surface area (Å²) in [6.07, 6.45) is 0.946. The van der Waals surface area contributed by atoms with Crippen molar-refractivity contribution >= 4 is 0 Å². The Hall–Kier alpha value is -0.890. The summed E-state index contributed by atoms with van der Waals surface area (Å²) in [5, 5.41) is 0. The van der Waals surface area contributed by atoms with Gasteiger partial charge >= 0.3 is 0 Å². The molecule has 13 heavy (non-hydrogen) atoms. The molecular weight excluding hydrogens is 165 g/mol. The third kappa shape index (κ3) is 1.46. The van der Waals surface area contributed by atoms with E-state index in [0.29, 0.717) is 5.92 Å². The van der Waals surface area contributed by atoms with Crippen LogP contribution in [0.5, 0.6) is 0 Å². The summed E-state index contributed by atoms with van der Waals surface area (Å²) >= 11 is 0. The highest BCUT2D eigenvalue weighted by atomic mass is 19.1. The molecule has 3 unspecified atom stereocenters. The van der Waals surface area contributed by atoms with Crippen LogP contribution in [-0.4, -0.2) is 6.04 Å². The van der Waals surface area contributed by atoms with Gasteiger partial charge in [-0.05, 0) is 37.0 Å². The van der Waals surface area contributed by atoms with Crippen molar-refractivity contribution in [3.05, 3.63) is 42.6 Å². The summed E-state index contributed by atoms with van der Waals surface area (Å²) in [6.45, 7) is 3.98. The predicted molar refractivity (Wildman–Crippen MR) is 50.6 cm³/mol. The lowest BCUT2D eigenvalue weighted by atomic mass is 9.67. The van der Waals surface area contributed by atoms with Crippen LogP contribution in [0.15, 0.2) is 24.3 Å². The molecule has 1 aliphatic carbocycles. The Kier molecular flexibility index (Phi) is 2.08. The zero-order valence-corrected chi connectivity index (χ0v) is 7.41. The standard InChI is InChI=1S/C11H13FN/c1-7-5-10(13)11(7)8-3-2-4-9(12)6-8/h2-4,6-7,10-11H,1,5,13H2. The number of rotatable bonds is 1. The molecular formula is C11H13FN. The number of halogens is 1. The first-order valence-corrected chi connectivity index (χ1v) is 4.52. The first kappa shape index (κ1) is 8.70. The summed E-state index contributed by atoms with van der Waals surface area (Å²) in [6, 6.07) is 6.81. The Morgan fingerprint density at radius 3 is 2.77 bits per heavy atom. The maximum absolute atomic E-state index is 12.9. The van der Waals surface area contributed by atoms with Gasteiger partial charge in [0.2, 0.25) is 0 Å². The molecule has 0 saturated heterocycles. The number of hydrogen-bond acceptors (Lipinski definition) is 1. The second-order valence-electron chi connectivity index (χ2n) is 3.74. The van der Waals surface area contributed by atoms with E-state index in [-0.39, 0.29) is 17.8 Å². The van der Waals surface area contributed by atoms with Gasteiger partial charge in [0.05, 0.1) is 0 Å². The Balaban J connectivity index is 2.25. The van der Waals surface area contributed by atoms with E-state index in [1.807, 2.05) is 6.07 Å². The highest BCUT2D eigenvalue weighted by Gasteiger charge is 2.36. The normalized spacial score (nSPS) is 32.7. The molecule has 1 aromatic rings. The lowest BCUT2D eigenvalue weighted by Gasteiger charge is -2.41. The summed E-state index contributed by atoms with van der Waals surface area (Å²) in [7, 11) is 0. The van der Waals surface area contributed by atoms with Crippen LogP contribution in [0.25, 0.3) is 0 Å². The van der Waals surface area contributed by atoms with Crippen molar-refractivity contribution in [2.45, 2.75) is 18.4 Å². The maximum Gasteiger partial charge on any atom is 0.123 e. The molecule has 69 valence electrons. The van der Waals surface area contributed by atoms with E-state index in [2.05, 4.69) is 6.92 Å². The average Bonchev–Trinajstić information content (AvgIpc) is 2.03. The van der Waals surface area contributed by atoms with E-state index < -0.39 is 0 Å². The fraction of sp³-hybridized carbons (Fsp3) is 0.364. The van der Waals surface area contributed by atoms with E-state index in [4.69, 9.17) is 5.73 Å². The molecule has 3 atom stereocenters. The van der Waals surface area contributed by atoms with Gasteiger partial charge in [-0.2, -0.15) is 0 Å². The van der Waals surface area contributed by atoms with Gasteiger partial charge in [-0.1, -0.05) is 12.1 Å². The topological polar surface area (TPSA) is 26.0 Å². The Morgan fingerprint density at radius 2 is 2.23 bits per heavy atom. The summed E-state index contributed by atoms with van der Waals surface area (Å²) < 4.78 is 12.9. The van der Waals surface area contributed by atoms with Crippen molar-refractivity contribution in [1.29, 1.82) is 0 Å². The highest BCUT2D eigenvalue weighted by Crippen LogP contribution is 2.40. The molecule has 1 radical (unpaired) electrons. The molecule has 1 saturated carbocycles. The van der Waals surface area contributed by atoms with Gasteiger partial charge in [0.1, 0.15) is 5.82 Å². The minimum absolute atomic E-state index is 0.157. The van der Waals surface area contributed by atoms with Gasteiger partial charge in [0.25, 0.3) is 0 Å². The number of benzene rings is 1. The first-order chi connectivity index (χ1) is 6.18. The van der Waals surface area contributed by atoms with E-state index in [0.717, 1.165) is 12.0 Å². The Labute approximate surface area is 77.8 Å². The van der Waals surface area contributed by atoms with Gasteiger partial charge < -0.3 is 5.73 Å². The Morgan fingerprint density at radius 1 is 1.46 bits per heavy atom. The van der Waals surface area contributed by atoms with Crippen LogP contribution < -0.4 is 5.73 Å². The van der Waals surface area contributed by atoms with Crippen LogP contribution in [-0.2, 0) is 0 Å². The van der Waals surface area contributed by atoms with Crippen molar-refractivity contribution in [2.24, 2.45) is 11.7 Å². The van der Waals surface area contributed by atoms with Crippen molar-refractivity contribution in [3.8, 4) is 0 Å². The van der Waals surface area contributed by atoms with Gasteiger partial charge in [0.15, 0.2) is 0 Å². The van der Waals surface area contributed by atoms with E-state index in [9.17, 15) is 4.39 Å². The second-order valence-corrected chi connectivity index (χ2v) is 3.74. The third-order valence-corrected chi connectivity index (χ3v) is 2.78. The van der Waals surface area contributed by atoms with Crippen LogP contribution in [0, 0.1) is 18.7 Å². The molecule has 1 nitrogen and oxygen atoms in total. The van der Waals surface area contributed by atoms with Crippen LogP contribution in [0.2, 0.25) is 0 Å². The molecule has 0 spiro atoms. The zero-order valence-electron chi connectivity index (χ0n) is 7.41. The van der Waals surface area contributed by atoms with Gasteiger partial charge in [-0.15, -0.1) is 0 Å². The van der Waals surface area contributed by atoms with Crippen LogP contribution in [0.3, 0.4) is 0 Å². The average molecular weight is 178 g/mol. The predicted octanol–water partition coefficient (Wildman–Crippen LogP) is 2.09. The maximum atomic E-state index is 12.9. The molecule has 0 heterocycles. The summed E-state index contributed by atoms with van der Waals surface area (Å²) in [5.74, 6) is 0.399.